The smallest absolute Gasteiger partial charge is 0.330 e. The monoisotopic (exact) mass is 568 g/mol. The van der Waals surface area contributed by atoms with E-state index in [1.165, 1.54) is 0 Å². The van der Waals surface area contributed by atoms with Crippen molar-refractivity contribution in [3.05, 3.63) is 35.5 Å². The minimum Gasteiger partial charge on any atom is -0.497 e. The standard InChI is InChI=1S/C30H44N6O5/c1-8-21-15-25(27(32-20(21)2)36-10-9-31-19-26(36)28(37)41-30(3,4)5)33-29(38)35-13-11-34(12-14-35)22-16-23(39-6)18-24(17-22)40-7/h15-18,26,31H,8-14,19H2,1-7H3,(H,33,38). The Morgan fingerprint density at radius 3 is 2.27 bits per heavy atom. The van der Waals surface area contributed by atoms with Crippen LogP contribution < -0.4 is 29.9 Å². The van der Waals surface area contributed by atoms with Crippen molar-refractivity contribution < 1.29 is 23.8 Å². The molecule has 0 aliphatic carbocycles. The number of carbonyl (C=O) groups excluding carboxylic acids is 2. The van der Waals surface area contributed by atoms with Gasteiger partial charge in [-0.15, -0.1) is 0 Å². The van der Waals surface area contributed by atoms with Crippen LogP contribution in [-0.2, 0) is 16.0 Å². The number of rotatable bonds is 7. The maximum absolute atomic E-state index is 13.5. The first-order chi connectivity index (χ1) is 19.5. The summed E-state index contributed by atoms with van der Waals surface area (Å²) in [5.74, 6) is 1.73. The number of nitrogens with one attached hydrogen (secondary N) is 2. The van der Waals surface area contributed by atoms with Crippen molar-refractivity contribution in [1.82, 2.24) is 15.2 Å². The van der Waals surface area contributed by atoms with E-state index in [1.54, 1.807) is 14.2 Å². The Kier molecular flexibility index (Phi) is 9.47. The number of nitrogens with zero attached hydrogens (tertiary/aromatic N) is 4. The van der Waals surface area contributed by atoms with Gasteiger partial charge in [-0.2, -0.15) is 0 Å². The predicted octanol–water partition coefficient (Wildman–Crippen LogP) is 3.44. The summed E-state index contributed by atoms with van der Waals surface area (Å²) >= 11 is 0. The second-order valence-corrected chi connectivity index (χ2v) is 11.4. The Hall–Kier alpha value is -3.73. The number of urea groups is 1. The van der Waals surface area contributed by atoms with Gasteiger partial charge < -0.3 is 39.5 Å². The zero-order valence-corrected chi connectivity index (χ0v) is 25.4. The number of hydrogen-bond donors (Lipinski definition) is 2. The average molecular weight is 569 g/mol. The molecule has 2 amide bonds. The van der Waals surface area contributed by atoms with Crippen molar-refractivity contribution in [2.45, 2.75) is 52.7 Å². The molecule has 0 saturated carbocycles. The third-order valence-electron chi connectivity index (χ3n) is 7.38. The van der Waals surface area contributed by atoms with Gasteiger partial charge in [0.2, 0.25) is 0 Å². The molecule has 2 saturated heterocycles. The lowest BCUT2D eigenvalue weighted by Crippen LogP contribution is -2.57. The highest BCUT2D eigenvalue weighted by atomic mass is 16.6. The van der Waals surface area contributed by atoms with Crippen LogP contribution in [0.4, 0.5) is 22.0 Å². The molecule has 41 heavy (non-hydrogen) atoms. The molecule has 2 aliphatic rings. The summed E-state index contributed by atoms with van der Waals surface area (Å²) in [4.78, 5) is 37.6. The number of piperazine rings is 2. The zero-order valence-electron chi connectivity index (χ0n) is 25.4. The van der Waals surface area contributed by atoms with Crippen molar-refractivity contribution in [3.8, 4) is 11.5 Å². The normalized spacial score (nSPS) is 17.7. The van der Waals surface area contributed by atoms with Crippen LogP contribution in [0, 0.1) is 6.92 Å². The highest BCUT2D eigenvalue weighted by molar-refractivity contribution is 5.94. The van der Waals surface area contributed by atoms with E-state index < -0.39 is 11.6 Å². The van der Waals surface area contributed by atoms with Crippen LogP contribution >= 0.6 is 0 Å². The first kappa shape index (κ1) is 30.2. The van der Waals surface area contributed by atoms with Gasteiger partial charge in [0.05, 0.1) is 19.9 Å². The Balaban J connectivity index is 1.52. The van der Waals surface area contributed by atoms with Crippen molar-refractivity contribution in [3.63, 3.8) is 0 Å². The predicted molar refractivity (Wildman–Crippen MR) is 161 cm³/mol. The lowest BCUT2D eigenvalue weighted by Gasteiger charge is -2.38. The molecular weight excluding hydrogens is 524 g/mol. The van der Waals surface area contributed by atoms with E-state index in [-0.39, 0.29) is 12.0 Å². The van der Waals surface area contributed by atoms with Crippen LogP contribution in [0.1, 0.15) is 39.0 Å². The number of hydrogen-bond acceptors (Lipinski definition) is 9. The molecule has 11 nitrogen and oxygen atoms in total. The zero-order chi connectivity index (χ0) is 29.7. The highest BCUT2D eigenvalue weighted by Gasteiger charge is 2.35. The number of methoxy groups -OCH3 is 2. The Labute approximate surface area is 243 Å². The van der Waals surface area contributed by atoms with E-state index in [9.17, 15) is 9.59 Å². The van der Waals surface area contributed by atoms with Gasteiger partial charge >= 0.3 is 12.0 Å². The minimum atomic E-state index is -0.606. The number of aryl methyl sites for hydroxylation is 2. The molecule has 2 aromatic rings. The largest absolute Gasteiger partial charge is 0.497 e. The maximum Gasteiger partial charge on any atom is 0.330 e. The Morgan fingerprint density at radius 2 is 1.68 bits per heavy atom. The van der Waals surface area contributed by atoms with Crippen LogP contribution in [0.25, 0.3) is 0 Å². The molecule has 2 fully saturated rings. The number of pyridine rings is 1. The number of esters is 1. The Bertz CT molecular complexity index is 1220. The third kappa shape index (κ3) is 7.32. The number of carbonyl (C=O) groups is 2. The molecule has 1 aromatic carbocycles. The van der Waals surface area contributed by atoms with Crippen molar-refractivity contribution >= 4 is 29.2 Å². The molecule has 0 spiro atoms. The number of amides is 2. The molecule has 4 rings (SSSR count). The number of ether oxygens (including phenoxy) is 3. The van der Waals surface area contributed by atoms with Gasteiger partial charge in [-0.25, -0.2) is 14.6 Å². The topological polar surface area (TPSA) is 108 Å². The van der Waals surface area contributed by atoms with Crippen LogP contribution in [0.3, 0.4) is 0 Å². The molecule has 0 bridgehead atoms. The average Bonchev–Trinajstić information content (AvgIpc) is 2.96. The lowest BCUT2D eigenvalue weighted by atomic mass is 10.1. The molecule has 11 heteroatoms. The summed E-state index contributed by atoms with van der Waals surface area (Å²) in [5.41, 5.74) is 2.91. The fourth-order valence-electron chi connectivity index (χ4n) is 5.18. The highest BCUT2D eigenvalue weighted by Crippen LogP contribution is 2.31. The molecule has 1 atom stereocenters. The van der Waals surface area contributed by atoms with Crippen LogP contribution in [-0.4, -0.2) is 93.6 Å². The summed E-state index contributed by atoms with van der Waals surface area (Å²) in [6, 6.07) is 7.04. The van der Waals surface area contributed by atoms with Gasteiger partial charge in [0.1, 0.15) is 23.1 Å². The minimum absolute atomic E-state index is 0.189. The molecular formula is C30H44N6O5. The van der Waals surface area contributed by atoms with Gasteiger partial charge in [0.15, 0.2) is 5.82 Å². The SMILES string of the molecule is CCc1cc(NC(=O)N2CCN(c3cc(OC)cc(OC)c3)CC2)c(N2CCNCC2C(=O)OC(C)(C)C)nc1C. The molecule has 1 unspecified atom stereocenters. The Morgan fingerprint density at radius 1 is 1.02 bits per heavy atom. The van der Waals surface area contributed by atoms with Gasteiger partial charge in [0, 0.05) is 75.4 Å². The fraction of sp³-hybridized carbons (Fsp3) is 0.567. The van der Waals surface area contributed by atoms with Crippen LogP contribution in [0.5, 0.6) is 11.5 Å². The van der Waals surface area contributed by atoms with Crippen molar-refractivity contribution in [2.75, 3.05) is 75.1 Å². The molecule has 224 valence electrons. The number of benzene rings is 1. The van der Waals surface area contributed by atoms with Gasteiger partial charge in [-0.3, -0.25) is 0 Å². The van der Waals surface area contributed by atoms with Gasteiger partial charge in [-0.05, 0) is 45.7 Å². The van der Waals surface area contributed by atoms with E-state index >= 15 is 0 Å². The first-order valence-corrected chi connectivity index (χ1v) is 14.3. The maximum atomic E-state index is 13.5. The summed E-state index contributed by atoms with van der Waals surface area (Å²) in [7, 11) is 3.27. The number of anilines is 3. The summed E-state index contributed by atoms with van der Waals surface area (Å²) in [5, 5.41) is 6.43. The van der Waals surface area contributed by atoms with E-state index in [1.807, 2.05) is 61.8 Å². The summed E-state index contributed by atoms with van der Waals surface area (Å²) in [6.07, 6.45) is 0.779. The fourth-order valence-corrected chi connectivity index (χ4v) is 5.18. The second-order valence-electron chi connectivity index (χ2n) is 11.4. The lowest BCUT2D eigenvalue weighted by molar-refractivity contribution is -0.156. The van der Waals surface area contributed by atoms with E-state index in [0.717, 1.165) is 34.9 Å². The van der Waals surface area contributed by atoms with E-state index in [2.05, 4.69) is 22.5 Å². The number of aromatic nitrogens is 1. The van der Waals surface area contributed by atoms with Gasteiger partial charge in [0.25, 0.3) is 0 Å². The molecule has 3 heterocycles. The summed E-state index contributed by atoms with van der Waals surface area (Å²) in [6.45, 7) is 13.7. The molecule has 0 radical (unpaired) electrons. The van der Waals surface area contributed by atoms with Crippen LogP contribution in [0.15, 0.2) is 24.3 Å². The third-order valence-corrected chi connectivity index (χ3v) is 7.38. The van der Waals surface area contributed by atoms with Crippen LogP contribution in [0.2, 0.25) is 0 Å². The molecule has 2 N–H and O–H groups in total. The van der Waals surface area contributed by atoms with E-state index in [4.69, 9.17) is 19.2 Å². The quantitative estimate of drug-likeness (QED) is 0.486. The second kappa shape index (κ2) is 12.8. The molecule has 2 aliphatic heterocycles. The summed E-state index contributed by atoms with van der Waals surface area (Å²) < 4.78 is 16.6. The van der Waals surface area contributed by atoms with E-state index in [0.29, 0.717) is 57.3 Å². The van der Waals surface area contributed by atoms with Crippen molar-refractivity contribution in [2.24, 2.45) is 0 Å². The van der Waals surface area contributed by atoms with Crippen molar-refractivity contribution in [1.29, 1.82) is 0 Å². The first-order valence-electron chi connectivity index (χ1n) is 14.3. The molecule has 1 aromatic heterocycles. The van der Waals surface area contributed by atoms with Gasteiger partial charge in [-0.1, -0.05) is 6.92 Å².